The van der Waals surface area contributed by atoms with Crippen LogP contribution in [0, 0.1) is 12.7 Å². The average molecular weight is 415 g/mol. The number of aryl methyl sites for hydroxylation is 2. The second-order valence-electron chi connectivity index (χ2n) is 6.34. The number of tetrazole rings is 1. The number of carbonyl (C=O) groups is 1. The van der Waals surface area contributed by atoms with Gasteiger partial charge in [0, 0.05) is 6.42 Å². The van der Waals surface area contributed by atoms with E-state index in [1.54, 1.807) is 19.1 Å². The maximum atomic E-state index is 14.2. The summed E-state index contributed by atoms with van der Waals surface area (Å²) < 4.78 is 31.7. The molecular formula is C20H22FN5O4. The highest BCUT2D eigenvalue weighted by molar-refractivity contribution is 5.91. The van der Waals surface area contributed by atoms with Gasteiger partial charge in [-0.05, 0) is 53.6 Å². The van der Waals surface area contributed by atoms with Crippen molar-refractivity contribution in [2.45, 2.75) is 19.8 Å². The van der Waals surface area contributed by atoms with Crippen LogP contribution in [0.25, 0.3) is 5.69 Å². The first-order chi connectivity index (χ1) is 14.5. The van der Waals surface area contributed by atoms with Gasteiger partial charge in [-0.3, -0.25) is 4.79 Å². The van der Waals surface area contributed by atoms with Gasteiger partial charge in [0.2, 0.25) is 11.7 Å². The Morgan fingerprint density at radius 2 is 1.87 bits per heavy atom. The number of hydrogen-bond donors (Lipinski definition) is 1. The van der Waals surface area contributed by atoms with E-state index in [1.807, 2.05) is 0 Å². The number of nitrogens with zero attached hydrogens (tertiary/aromatic N) is 4. The van der Waals surface area contributed by atoms with E-state index >= 15 is 0 Å². The van der Waals surface area contributed by atoms with Crippen LogP contribution in [-0.4, -0.2) is 47.4 Å². The number of hydrogen-bond acceptors (Lipinski definition) is 7. The molecule has 0 atom stereocenters. The Morgan fingerprint density at radius 1 is 1.10 bits per heavy atom. The van der Waals surface area contributed by atoms with E-state index in [4.69, 9.17) is 14.2 Å². The summed E-state index contributed by atoms with van der Waals surface area (Å²) in [7, 11) is 4.56. The second kappa shape index (κ2) is 9.21. The molecule has 1 heterocycles. The minimum Gasteiger partial charge on any atom is -0.493 e. The molecule has 0 saturated carbocycles. The third-order valence-electron chi connectivity index (χ3n) is 4.50. The number of methoxy groups -OCH3 is 3. The van der Waals surface area contributed by atoms with Crippen LogP contribution in [0.2, 0.25) is 0 Å². The van der Waals surface area contributed by atoms with Gasteiger partial charge in [0.05, 0.1) is 32.7 Å². The molecule has 30 heavy (non-hydrogen) atoms. The summed E-state index contributed by atoms with van der Waals surface area (Å²) >= 11 is 0. The quantitative estimate of drug-likeness (QED) is 0.604. The molecule has 10 heteroatoms. The molecule has 3 rings (SSSR count). The fourth-order valence-corrected chi connectivity index (χ4v) is 3.03. The zero-order valence-corrected chi connectivity index (χ0v) is 17.1. The monoisotopic (exact) mass is 415 g/mol. The number of rotatable bonds is 8. The van der Waals surface area contributed by atoms with Gasteiger partial charge in [-0.1, -0.05) is 6.07 Å². The molecule has 0 bridgehead atoms. The van der Waals surface area contributed by atoms with E-state index in [9.17, 15) is 9.18 Å². The van der Waals surface area contributed by atoms with E-state index < -0.39 is 5.82 Å². The van der Waals surface area contributed by atoms with Crippen molar-refractivity contribution in [1.82, 2.24) is 20.2 Å². The van der Waals surface area contributed by atoms with E-state index in [0.717, 1.165) is 5.56 Å². The maximum Gasteiger partial charge on any atom is 0.224 e. The van der Waals surface area contributed by atoms with Crippen LogP contribution in [0.1, 0.15) is 17.8 Å². The molecule has 158 valence electrons. The van der Waals surface area contributed by atoms with Crippen LogP contribution in [0.15, 0.2) is 30.3 Å². The minimum atomic E-state index is -0.554. The zero-order chi connectivity index (χ0) is 21.7. The number of anilines is 1. The largest absolute Gasteiger partial charge is 0.493 e. The minimum absolute atomic E-state index is 0.0478. The van der Waals surface area contributed by atoms with E-state index in [2.05, 4.69) is 20.8 Å². The van der Waals surface area contributed by atoms with Crippen LogP contribution < -0.4 is 19.5 Å². The van der Waals surface area contributed by atoms with Crippen molar-refractivity contribution in [2.24, 2.45) is 0 Å². The molecule has 9 nitrogen and oxygen atoms in total. The lowest BCUT2D eigenvalue weighted by molar-refractivity contribution is -0.116. The molecule has 0 saturated heterocycles. The molecule has 0 spiro atoms. The Balaban J connectivity index is 1.73. The Kier molecular flexibility index (Phi) is 6.45. The van der Waals surface area contributed by atoms with Crippen molar-refractivity contribution in [3.63, 3.8) is 0 Å². The summed E-state index contributed by atoms with van der Waals surface area (Å²) in [6, 6.07) is 7.81. The van der Waals surface area contributed by atoms with Crippen molar-refractivity contribution in [3.8, 4) is 22.9 Å². The summed E-state index contributed by atoms with van der Waals surface area (Å²) in [4.78, 5) is 12.5. The van der Waals surface area contributed by atoms with Crippen LogP contribution in [0.4, 0.5) is 10.1 Å². The Labute approximate surface area is 172 Å². The molecule has 1 aromatic heterocycles. The number of aromatic nitrogens is 4. The predicted molar refractivity (Wildman–Crippen MR) is 107 cm³/mol. The number of halogens is 1. The molecular weight excluding hydrogens is 393 g/mol. The van der Waals surface area contributed by atoms with E-state index in [1.165, 1.54) is 44.2 Å². The van der Waals surface area contributed by atoms with Gasteiger partial charge in [-0.15, -0.1) is 5.10 Å². The topological polar surface area (TPSA) is 100 Å². The van der Waals surface area contributed by atoms with Crippen LogP contribution in [-0.2, 0) is 11.2 Å². The standard InChI is InChI=1S/C20H22FN5O4/c1-12-23-24-25-26(12)14-7-8-15(21)16(11-14)22-18(27)10-6-13-5-9-17(28-2)20(30-4)19(13)29-3/h5,7-9,11H,6,10H2,1-4H3,(H,22,27). The lowest BCUT2D eigenvalue weighted by Crippen LogP contribution is -2.14. The molecule has 0 fully saturated rings. The van der Waals surface area contributed by atoms with Crippen LogP contribution in [0.5, 0.6) is 17.2 Å². The molecule has 0 aliphatic heterocycles. The summed E-state index contributed by atoms with van der Waals surface area (Å²) in [5, 5.41) is 13.8. The zero-order valence-electron chi connectivity index (χ0n) is 17.1. The van der Waals surface area contributed by atoms with Crippen LogP contribution >= 0.6 is 0 Å². The Morgan fingerprint density at radius 3 is 2.50 bits per heavy atom. The van der Waals surface area contributed by atoms with Crippen molar-refractivity contribution in [3.05, 3.63) is 47.5 Å². The molecule has 1 amide bonds. The molecule has 0 aliphatic carbocycles. The van der Waals surface area contributed by atoms with Gasteiger partial charge < -0.3 is 19.5 Å². The summed E-state index contributed by atoms with van der Waals surface area (Å²) in [5.41, 5.74) is 1.35. The molecule has 1 N–H and O–H groups in total. The van der Waals surface area contributed by atoms with Gasteiger partial charge in [0.15, 0.2) is 17.3 Å². The van der Waals surface area contributed by atoms with Gasteiger partial charge in [-0.25, -0.2) is 4.39 Å². The summed E-state index contributed by atoms with van der Waals surface area (Å²) in [5.74, 6) is 1.11. The van der Waals surface area contributed by atoms with Crippen LogP contribution in [0.3, 0.4) is 0 Å². The van der Waals surface area contributed by atoms with Gasteiger partial charge >= 0.3 is 0 Å². The fraction of sp³-hybridized carbons (Fsp3) is 0.300. The smallest absolute Gasteiger partial charge is 0.224 e. The number of amides is 1. The Bertz CT molecular complexity index is 1050. The number of nitrogens with one attached hydrogen (secondary N) is 1. The van der Waals surface area contributed by atoms with Gasteiger partial charge in [0.25, 0.3) is 0 Å². The third-order valence-corrected chi connectivity index (χ3v) is 4.50. The number of carbonyl (C=O) groups excluding carboxylic acids is 1. The normalized spacial score (nSPS) is 10.6. The molecule has 0 radical (unpaired) electrons. The Hall–Kier alpha value is -3.69. The van der Waals surface area contributed by atoms with Gasteiger partial charge in [-0.2, -0.15) is 4.68 Å². The number of benzene rings is 2. The number of ether oxygens (including phenoxy) is 3. The van der Waals surface area contributed by atoms with E-state index in [-0.39, 0.29) is 18.0 Å². The summed E-state index contributed by atoms with van der Waals surface area (Å²) in [6.07, 6.45) is 0.474. The average Bonchev–Trinajstić information content (AvgIpc) is 3.18. The second-order valence-corrected chi connectivity index (χ2v) is 6.34. The molecule has 0 aliphatic rings. The van der Waals surface area contributed by atoms with Crippen molar-refractivity contribution in [1.29, 1.82) is 0 Å². The highest BCUT2D eigenvalue weighted by Crippen LogP contribution is 2.40. The highest BCUT2D eigenvalue weighted by atomic mass is 19.1. The lowest BCUT2D eigenvalue weighted by Gasteiger charge is -2.15. The first-order valence-electron chi connectivity index (χ1n) is 9.11. The van der Waals surface area contributed by atoms with Crippen molar-refractivity contribution in [2.75, 3.05) is 26.6 Å². The van der Waals surface area contributed by atoms with Gasteiger partial charge in [0.1, 0.15) is 5.82 Å². The van der Waals surface area contributed by atoms with Crippen molar-refractivity contribution >= 4 is 11.6 Å². The van der Waals surface area contributed by atoms with E-state index in [0.29, 0.717) is 35.2 Å². The molecule has 2 aromatic carbocycles. The lowest BCUT2D eigenvalue weighted by atomic mass is 10.1. The molecule has 3 aromatic rings. The first kappa shape index (κ1) is 21.0. The summed E-state index contributed by atoms with van der Waals surface area (Å²) in [6.45, 7) is 1.72. The molecule has 0 unspecified atom stereocenters. The maximum absolute atomic E-state index is 14.2. The SMILES string of the molecule is COc1ccc(CCC(=O)Nc2cc(-n3nnnc3C)ccc2F)c(OC)c1OC. The fourth-order valence-electron chi connectivity index (χ4n) is 3.03. The van der Waals surface area contributed by atoms with Crippen molar-refractivity contribution < 1.29 is 23.4 Å². The highest BCUT2D eigenvalue weighted by Gasteiger charge is 2.17. The predicted octanol–water partition coefficient (Wildman–Crippen LogP) is 2.71. The third kappa shape index (κ3) is 4.32. The first-order valence-corrected chi connectivity index (χ1v) is 9.11.